The molecule has 0 aromatic heterocycles. The third kappa shape index (κ3) is 6.14. The molecule has 2 aromatic rings. The van der Waals surface area contributed by atoms with Crippen LogP contribution in [-0.4, -0.2) is 44.3 Å². The Labute approximate surface area is 169 Å². The molecule has 0 unspecified atom stereocenters. The van der Waals surface area contributed by atoms with E-state index in [1.807, 2.05) is 36.4 Å². The molecule has 29 heavy (non-hydrogen) atoms. The number of rotatable bonds is 8. The molecule has 3 rings (SSSR count). The second kappa shape index (κ2) is 9.82. The zero-order chi connectivity index (χ0) is 20.6. The highest BCUT2D eigenvalue weighted by Crippen LogP contribution is 2.30. The molecule has 0 bridgehead atoms. The highest BCUT2D eigenvalue weighted by molar-refractivity contribution is 5.80. The van der Waals surface area contributed by atoms with E-state index in [4.69, 9.17) is 18.9 Å². The number of nitrogens with one attached hydrogen (secondary N) is 1. The normalized spacial score (nSPS) is 14.9. The summed E-state index contributed by atoms with van der Waals surface area (Å²) in [6.07, 6.45) is -0.304. The maximum Gasteiger partial charge on any atom is 0.344 e. The van der Waals surface area contributed by atoms with Crippen LogP contribution < -0.4 is 19.5 Å². The van der Waals surface area contributed by atoms with Crippen LogP contribution in [0.5, 0.6) is 17.2 Å². The quantitative estimate of drug-likeness (QED) is 0.688. The number of para-hydroxylation sites is 2. The number of hydrogen-bond donors (Lipinski definition) is 1. The van der Waals surface area contributed by atoms with Gasteiger partial charge in [-0.1, -0.05) is 38.1 Å². The first-order valence-electron chi connectivity index (χ1n) is 9.55. The molecule has 7 heteroatoms. The zero-order valence-corrected chi connectivity index (χ0v) is 16.6. The van der Waals surface area contributed by atoms with E-state index in [1.54, 1.807) is 12.1 Å². The van der Waals surface area contributed by atoms with Crippen LogP contribution in [0.25, 0.3) is 0 Å². The van der Waals surface area contributed by atoms with Crippen molar-refractivity contribution in [3.05, 3.63) is 54.1 Å². The fourth-order valence-corrected chi connectivity index (χ4v) is 2.72. The molecule has 0 saturated heterocycles. The van der Waals surface area contributed by atoms with Gasteiger partial charge in [0.1, 0.15) is 18.5 Å². The summed E-state index contributed by atoms with van der Waals surface area (Å²) in [5, 5.41) is 2.67. The van der Waals surface area contributed by atoms with Gasteiger partial charge in [0, 0.05) is 0 Å². The van der Waals surface area contributed by atoms with Crippen LogP contribution in [0.1, 0.15) is 25.3 Å². The molecule has 0 radical (unpaired) electrons. The van der Waals surface area contributed by atoms with Gasteiger partial charge in [0.2, 0.25) is 0 Å². The van der Waals surface area contributed by atoms with Crippen LogP contribution in [0.2, 0.25) is 0 Å². The van der Waals surface area contributed by atoms with Crippen molar-refractivity contribution in [2.45, 2.75) is 25.9 Å². The fourth-order valence-electron chi connectivity index (χ4n) is 2.72. The van der Waals surface area contributed by atoms with Gasteiger partial charge >= 0.3 is 5.97 Å². The van der Waals surface area contributed by atoms with Crippen molar-refractivity contribution in [2.75, 3.05) is 26.4 Å². The van der Waals surface area contributed by atoms with Crippen LogP contribution in [-0.2, 0) is 14.3 Å². The van der Waals surface area contributed by atoms with E-state index in [1.165, 1.54) is 5.56 Å². The number of esters is 1. The van der Waals surface area contributed by atoms with E-state index in [-0.39, 0.29) is 25.9 Å². The van der Waals surface area contributed by atoms with E-state index in [2.05, 4.69) is 19.2 Å². The summed E-state index contributed by atoms with van der Waals surface area (Å²) >= 11 is 0. The summed E-state index contributed by atoms with van der Waals surface area (Å²) < 4.78 is 21.6. The number of carbonyl (C=O) groups excluding carboxylic acids is 2. The smallest absolute Gasteiger partial charge is 0.344 e. The number of fused-ring (bicyclic) bond motifs is 1. The standard InChI is InChI=1S/C22H25NO6/c1-15(2)16-7-9-17(10-8-16)26-14-22(25)28-13-21(24)23-11-18-12-27-19-5-3-4-6-20(19)29-18/h3-10,15,18H,11-14H2,1-2H3,(H,23,24)/t18-/m1/s1. The lowest BCUT2D eigenvalue weighted by Gasteiger charge is -2.26. The SMILES string of the molecule is CC(C)c1ccc(OCC(=O)OCC(=O)NC[C@@H]2COc3ccccc3O2)cc1. The molecule has 1 heterocycles. The van der Waals surface area contributed by atoms with Gasteiger partial charge in [0.05, 0.1) is 6.54 Å². The van der Waals surface area contributed by atoms with E-state index in [0.717, 1.165) is 0 Å². The summed E-state index contributed by atoms with van der Waals surface area (Å²) in [6.45, 7) is 4.16. The molecule has 0 aliphatic carbocycles. The number of benzene rings is 2. The first-order valence-corrected chi connectivity index (χ1v) is 9.55. The van der Waals surface area contributed by atoms with Gasteiger partial charge in [-0.2, -0.15) is 0 Å². The zero-order valence-electron chi connectivity index (χ0n) is 16.6. The topological polar surface area (TPSA) is 83.1 Å². The van der Waals surface area contributed by atoms with Gasteiger partial charge in [-0.25, -0.2) is 4.79 Å². The Morgan fingerprint density at radius 3 is 2.52 bits per heavy atom. The van der Waals surface area contributed by atoms with Crippen LogP contribution in [0.3, 0.4) is 0 Å². The molecule has 0 spiro atoms. The molecule has 1 aliphatic rings. The van der Waals surface area contributed by atoms with E-state index in [0.29, 0.717) is 29.8 Å². The summed E-state index contributed by atoms with van der Waals surface area (Å²) in [4.78, 5) is 23.7. The second-order valence-corrected chi connectivity index (χ2v) is 6.97. The van der Waals surface area contributed by atoms with Gasteiger partial charge in [-0.05, 0) is 35.7 Å². The van der Waals surface area contributed by atoms with Gasteiger partial charge in [-0.15, -0.1) is 0 Å². The predicted molar refractivity (Wildman–Crippen MR) is 106 cm³/mol. The average molecular weight is 399 g/mol. The van der Waals surface area contributed by atoms with Crippen molar-refractivity contribution < 1.29 is 28.5 Å². The maximum atomic E-state index is 11.9. The lowest BCUT2D eigenvalue weighted by Crippen LogP contribution is -2.42. The Hall–Kier alpha value is -3.22. The first-order chi connectivity index (χ1) is 14.0. The van der Waals surface area contributed by atoms with Crippen molar-refractivity contribution in [3.63, 3.8) is 0 Å². The van der Waals surface area contributed by atoms with Crippen LogP contribution in [0.15, 0.2) is 48.5 Å². The average Bonchev–Trinajstić information content (AvgIpc) is 2.75. The summed E-state index contributed by atoms with van der Waals surface area (Å²) in [6, 6.07) is 14.9. The van der Waals surface area contributed by atoms with Crippen LogP contribution in [0, 0.1) is 0 Å². The predicted octanol–water partition coefficient (Wildman–Crippen LogP) is 2.69. The van der Waals surface area contributed by atoms with Crippen molar-refractivity contribution in [1.82, 2.24) is 5.32 Å². The van der Waals surface area contributed by atoms with Crippen molar-refractivity contribution in [1.29, 1.82) is 0 Å². The minimum absolute atomic E-state index is 0.253. The van der Waals surface area contributed by atoms with E-state index >= 15 is 0 Å². The van der Waals surface area contributed by atoms with Crippen LogP contribution in [0.4, 0.5) is 0 Å². The Bertz CT molecular complexity index is 833. The van der Waals surface area contributed by atoms with Crippen LogP contribution >= 0.6 is 0 Å². The maximum absolute atomic E-state index is 11.9. The number of ether oxygens (including phenoxy) is 4. The monoisotopic (exact) mass is 399 g/mol. The first kappa shape index (κ1) is 20.5. The molecule has 7 nitrogen and oxygen atoms in total. The van der Waals surface area contributed by atoms with Crippen molar-refractivity contribution in [3.8, 4) is 17.2 Å². The summed E-state index contributed by atoms with van der Waals surface area (Å²) in [5.74, 6) is 1.30. The molecule has 1 aliphatic heterocycles. The molecule has 2 aromatic carbocycles. The highest BCUT2D eigenvalue weighted by atomic mass is 16.6. The Morgan fingerprint density at radius 2 is 1.79 bits per heavy atom. The molecule has 1 amide bonds. The minimum atomic E-state index is -0.612. The van der Waals surface area contributed by atoms with Gasteiger partial charge in [-0.3, -0.25) is 4.79 Å². The third-order valence-electron chi connectivity index (χ3n) is 4.36. The highest BCUT2D eigenvalue weighted by Gasteiger charge is 2.21. The van der Waals surface area contributed by atoms with E-state index < -0.39 is 11.9 Å². The summed E-state index contributed by atoms with van der Waals surface area (Å²) in [7, 11) is 0. The minimum Gasteiger partial charge on any atom is -0.486 e. The van der Waals surface area contributed by atoms with Gasteiger partial charge < -0.3 is 24.3 Å². The Balaban J connectivity index is 1.32. The van der Waals surface area contributed by atoms with Crippen molar-refractivity contribution >= 4 is 11.9 Å². The third-order valence-corrected chi connectivity index (χ3v) is 4.36. The largest absolute Gasteiger partial charge is 0.486 e. The Morgan fingerprint density at radius 1 is 1.07 bits per heavy atom. The molecule has 0 fully saturated rings. The van der Waals surface area contributed by atoms with Gasteiger partial charge in [0.25, 0.3) is 5.91 Å². The molecular formula is C22H25NO6. The molecular weight excluding hydrogens is 374 g/mol. The number of carbonyl (C=O) groups is 2. The second-order valence-electron chi connectivity index (χ2n) is 6.97. The molecule has 0 saturated carbocycles. The Kier molecular flexibility index (Phi) is 6.94. The molecule has 1 N–H and O–H groups in total. The lowest BCUT2D eigenvalue weighted by molar-refractivity contribution is -0.150. The molecule has 154 valence electrons. The summed E-state index contributed by atoms with van der Waals surface area (Å²) in [5.41, 5.74) is 1.19. The lowest BCUT2D eigenvalue weighted by atomic mass is 10.0. The molecule has 1 atom stereocenters. The van der Waals surface area contributed by atoms with Gasteiger partial charge in [0.15, 0.2) is 24.7 Å². The number of amides is 1. The van der Waals surface area contributed by atoms with E-state index in [9.17, 15) is 9.59 Å². The van der Waals surface area contributed by atoms with Crippen molar-refractivity contribution in [2.24, 2.45) is 0 Å². The fraction of sp³-hybridized carbons (Fsp3) is 0.364. The number of hydrogen-bond acceptors (Lipinski definition) is 6.